The second-order valence-corrected chi connectivity index (χ2v) is 7.95. The van der Waals surface area contributed by atoms with Gasteiger partial charge < -0.3 is 14.8 Å². The maximum Gasteiger partial charge on any atom is 0.335 e. The number of esters is 1. The van der Waals surface area contributed by atoms with E-state index in [1.807, 2.05) is 31.2 Å². The predicted octanol–water partition coefficient (Wildman–Crippen LogP) is 2.61. The van der Waals surface area contributed by atoms with E-state index < -0.39 is 29.1 Å². The van der Waals surface area contributed by atoms with E-state index >= 15 is 0 Å². The van der Waals surface area contributed by atoms with Crippen molar-refractivity contribution in [3.8, 4) is 11.6 Å². The Morgan fingerprint density at radius 2 is 1.85 bits per heavy atom. The van der Waals surface area contributed by atoms with E-state index in [4.69, 9.17) is 4.74 Å². The number of benzene rings is 2. The second-order valence-electron chi connectivity index (χ2n) is 7.95. The van der Waals surface area contributed by atoms with Crippen LogP contribution in [0.25, 0.3) is 16.6 Å². The molecule has 0 spiro atoms. The number of carbonyl (C=O) groups excluding carboxylic acids is 1. The molecule has 0 aliphatic carbocycles. The van der Waals surface area contributed by atoms with Gasteiger partial charge in [-0.25, -0.2) is 14.2 Å². The molecule has 0 bridgehead atoms. The van der Waals surface area contributed by atoms with Gasteiger partial charge in [0.05, 0.1) is 18.5 Å². The number of rotatable bonds is 6. The van der Waals surface area contributed by atoms with Gasteiger partial charge in [-0.15, -0.1) is 0 Å². The first-order chi connectivity index (χ1) is 16.3. The third-order valence-corrected chi connectivity index (χ3v) is 5.65. The average Bonchev–Trinajstić information content (AvgIpc) is 3.22. The molecule has 0 unspecified atom stereocenters. The van der Waals surface area contributed by atoms with Crippen LogP contribution < -0.4 is 11.2 Å². The summed E-state index contributed by atoms with van der Waals surface area (Å²) in [6.45, 7) is 3.39. The van der Waals surface area contributed by atoms with Crippen molar-refractivity contribution in [3.63, 3.8) is 0 Å². The van der Waals surface area contributed by atoms with Crippen LogP contribution in [0.3, 0.4) is 0 Å². The molecule has 2 aromatic heterocycles. The molecule has 3 N–H and O–H groups in total. The quantitative estimate of drug-likeness (QED) is 0.301. The molecule has 34 heavy (non-hydrogen) atoms. The van der Waals surface area contributed by atoms with Gasteiger partial charge in [0.2, 0.25) is 5.88 Å². The summed E-state index contributed by atoms with van der Waals surface area (Å²) in [6.07, 6.45) is 2.01. The summed E-state index contributed by atoms with van der Waals surface area (Å²) in [6, 6.07) is 13.5. The Labute approximate surface area is 194 Å². The molecule has 2 heterocycles. The summed E-state index contributed by atoms with van der Waals surface area (Å²) in [7, 11) is 1.26. The maximum absolute atomic E-state index is 12.6. The van der Waals surface area contributed by atoms with Crippen LogP contribution >= 0.6 is 0 Å². The molecule has 0 aliphatic rings. The molecule has 9 heteroatoms. The highest BCUT2D eigenvalue weighted by atomic mass is 16.5. The van der Waals surface area contributed by atoms with E-state index in [2.05, 4.69) is 15.0 Å². The number of hydrogen-bond acceptors (Lipinski definition) is 6. The van der Waals surface area contributed by atoms with Gasteiger partial charge in [0.25, 0.3) is 5.56 Å². The minimum atomic E-state index is -0.970. The third-order valence-electron chi connectivity index (χ3n) is 5.65. The fourth-order valence-electron chi connectivity index (χ4n) is 3.91. The molecule has 9 nitrogen and oxygen atoms in total. The molecule has 4 aromatic rings. The van der Waals surface area contributed by atoms with Gasteiger partial charge in [-0.05, 0) is 37.6 Å². The first kappa shape index (κ1) is 22.8. The Balaban J connectivity index is 1.78. The lowest BCUT2D eigenvalue weighted by atomic mass is 10.0. The van der Waals surface area contributed by atoms with E-state index in [9.17, 15) is 19.5 Å². The monoisotopic (exact) mass is 460 g/mol. The molecule has 1 atom stereocenters. The minimum Gasteiger partial charge on any atom is -0.493 e. The van der Waals surface area contributed by atoms with Gasteiger partial charge in [-0.3, -0.25) is 14.8 Å². The van der Waals surface area contributed by atoms with Crippen molar-refractivity contribution in [3.05, 3.63) is 92.3 Å². The van der Waals surface area contributed by atoms with Crippen LogP contribution in [0.2, 0.25) is 0 Å². The average molecular weight is 460 g/mol. The van der Waals surface area contributed by atoms with Crippen molar-refractivity contribution in [1.29, 1.82) is 0 Å². The Bertz CT molecular complexity index is 1510. The number of para-hydroxylation sites is 1. The van der Waals surface area contributed by atoms with E-state index in [0.717, 1.165) is 26.6 Å². The summed E-state index contributed by atoms with van der Waals surface area (Å²) in [4.78, 5) is 47.4. The molecule has 2 aromatic carbocycles. The lowest BCUT2D eigenvalue weighted by Crippen LogP contribution is -2.33. The number of nitrogens with zero attached hydrogens (tertiary/aromatic N) is 2. The van der Waals surface area contributed by atoms with Crippen LogP contribution in [-0.2, 0) is 16.0 Å². The van der Waals surface area contributed by atoms with Crippen LogP contribution in [0, 0.1) is 6.92 Å². The first-order valence-corrected chi connectivity index (χ1v) is 10.6. The minimum absolute atomic E-state index is 0.0925. The smallest absolute Gasteiger partial charge is 0.335 e. The van der Waals surface area contributed by atoms with Gasteiger partial charge in [0.1, 0.15) is 5.56 Å². The van der Waals surface area contributed by atoms with Gasteiger partial charge in [-0.1, -0.05) is 35.9 Å². The number of ether oxygens (including phenoxy) is 1. The van der Waals surface area contributed by atoms with Crippen LogP contribution in [0.4, 0.5) is 0 Å². The number of aliphatic imine (C=N–C) groups is 1. The topological polar surface area (TPSA) is 130 Å². The predicted molar refractivity (Wildman–Crippen MR) is 129 cm³/mol. The molecule has 0 aliphatic heterocycles. The SMILES string of the molecule is COC(=O)[C@H](Cc1c[nH]c2ccccc12)N=C(C)c1c(O)n(-c2ccc(C)cc2)c(=O)[nH]c1=O. The number of aromatic amines is 2. The first-order valence-electron chi connectivity index (χ1n) is 10.6. The Morgan fingerprint density at radius 3 is 2.56 bits per heavy atom. The highest BCUT2D eigenvalue weighted by Gasteiger charge is 2.24. The Morgan fingerprint density at radius 1 is 1.15 bits per heavy atom. The number of methoxy groups -OCH3 is 1. The van der Waals surface area contributed by atoms with Crippen molar-refractivity contribution in [2.75, 3.05) is 7.11 Å². The number of aromatic nitrogens is 3. The molecule has 174 valence electrons. The zero-order valence-corrected chi connectivity index (χ0v) is 19.0. The van der Waals surface area contributed by atoms with Crippen molar-refractivity contribution >= 4 is 22.6 Å². The van der Waals surface area contributed by atoms with Crippen LogP contribution in [0.1, 0.15) is 23.6 Å². The molecule has 0 saturated carbocycles. The lowest BCUT2D eigenvalue weighted by Gasteiger charge is -2.14. The van der Waals surface area contributed by atoms with Crippen LogP contribution in [0.15, 0.2) is 69.3 Å². The zero-order valence-electron chi connectivity index (χ0n) is 19.0. The largest absolute Gasteiger partial charge is 0.493 e. The highest BCUT2D eigenvalue weighted by Crippen LogP contribution is 2.22. The fourth-order valence-corrected chi connectivity index (χ4v) is 3.91. The zero-order chi connectivity index (χ0) is 24.4. The fraction of sp³-hybridized carbons (Fsp3) is 0.200. The Hall–Kier alpha value is -4.40. The van der Waals surface area contributed by atoms with E-state index in [1.54, 1.807) is 30.5 Å². The normalized spacial score (nSPS) is 12.6. The number of aryl methyl sites for hydroxylation is 1. The number of nitrogens with one attached hydrogen (secondary N) is 2. The summed E-state index contributed by atoms with van der Waals surface area (Å²) in [5.41, 5.74) is 1.42. The highest BCUT2D eigenvalue weighted by molar-refractivity contribution is 6.01. The van der Waals surface area contributed by atoms with E-state index in [0.29, 0.717) is 5.69 Å². The van der Waals surface area contributed by atoms with Crippen molar-refractivity contribution in [1.82, 2.24) is 14.5 Å². The van der Waals surface area contributed by atoms with Gasteiger partial charge in [0.15, 0.2) is 6.04 Å². The molecule has 0 radical (unpaired) electrons. The van der Waals surface area contributed by atoms with Crippen molar-refractivity contribution in [2.45, 2.75) is 26.3 Å². The molecule has 0 amide bonds. The standard InChI is InChI=1S/C25H24N4O5/c1-14-8-10-17(11-9-14)29-23(31)21(22(30)28-25(29)33)15(2)27-20(24(32)34-3)12-16-13-26-19-7-5-4-6-18(16)19/h4-11,13,20,26,31H,12H2,1-3H3,(H,28,30,33)/t20-/m0/s1. The molecular weight excluding hydrogens is 436 g/mol. The maximum atomic E-state index is 12.6. The van der Waals surface area contributed by atoms with Gasteiger partial charge in [-0.2, -0.15) is 0 Å². The number of aromatic hydroxyl groups is 1. The summed E-state index contributed by atoms with van der Waals surface area (Å²) < 4.78 is 5.92. The Kier molecular flexibility index (Phi) is 6.18. The number of hydrogen-bond donors (Lipinski definition) is 3. The van der Waals surface area contributed by atoms with Gasteiger partial charge >= 0.3 is 11.7 Å². The van der Waals surface area contributed by atoms with E-state index in [1.165, 1.54) is 14.0 Å². The molecule has 4 rings (SSSR count). The molecule has 0 saturated heterocycles. The summed E-state index contributed by atoms with van der Waals surface area (Å²) in [5, 5.41) is 11.8. The summed E-state index contributed by atoms with van der Waals surface area (Å²) in [5.74, 6) is -1.15. The van der Waals surface area contributed by atoms with Gasteiger partial charge in [0, 0.05) is 23.5 Å². The van der Waals surface area contributed by atoms with Crippen molar-refractivity contribution in [2.24, 2.45) is 4.99 Å². The third kappa shape index (κ3) is 4.27. The molecule has 0 fully saturated rings. The second kappa shape index (κ2) is 9.22. The number of H-pyrrole nitrogens is 2. The number of carbonyl (C=O) groups is 1. The van der Waals surface area contributed by atoms with Crippen molar-refractivity contribution < 1.29 is 14.6 Å². The summed E-state index contributed by atoms with van der Waals surface area (Å²) >= 11 is 0. The molecular formula is C25H24N4O5. The number of fused-ring (bicyclic) bond motifs is 1. The van der Waals surface area contributed by atoms with Crippen LogP contribution in [-0.4, -0.2) is 44.5 Å². The van der Waals surface area contributed by atoms with Crippen LogP contribution in [0.5, 0.6) is 5.88 Å². The van der Waals surface area contributed by atoms with E-state index in [-0.39, 0.29) is 17.7 Å². The lowest BCUT2D eigenvalue weighted by molar-refractivity contribution is -0.142.